The smallest absolute Gasteiger partial charge is 0.162 e. The molecule has 4 nitrogen and oxygen atoms in total. The van der Waals surface area contributed by atoms with Crippen LogP contribution < -0.4 is 4.74 Å². The van der Waals surface area contributed by atoms with E-state index < -0.39 is 0 Å². The third kappa shape index (κ3) is 1.87. The fraction of sp³-hybridized carbons (Fsp3) is 0.231. The lowest BCUT2D eigenvalue weighted by atomic mass is 10.00. The highest BCUT2D eigenvalue weighted by Crippen LogP contribution is 2.30. The Morgan fingerprint density at radius 1 is 1.29 bits per heavy atom. The quantitative estimate of drug-likeness (QED) is 0.857. The Kier molecular flexibility index (Phi) is 2.84. The predicted octanol–water partition coefficient (Wildman–Crippen LogP) is 2.57. The lowest BCUT2D eigenvalue weighted by Gasteiger charge is -2.11. The summed E-state index contributed by atoms with van der Waals surface area (Å²) < 4.78 is 5.26. The first-order valence-corrected chi connectivity index (χ1v) is 5.27. The van der Waals surface area contributed by atoms with Crippen molar-refractivity contribution in [1.29, 1.82) is 5.26 Å². The van der Waals surface area contributed by atoms with Crippen molar-refractivity contribution in [3.8, 4) is 23.1 Å². The number of hydrogen-bond acceptors (Lipinski definition) is 3. The van der Waals surface area contributed by atoms with Gasteiger partial charge in [-0.3, -0.25) is 5.10 Å². The van der Waals surface area contributed by atoms with Gasteiger partial charge in [0.25, 0.3) is 0 Å². The highest BCUT2D eigenvalue weighted by atomic mass is 16.5. The van der Waals surface area contributed by atoms with E-state index in [1.165, 1.54) is 0 Å². The molecule has 0 fully saturated rings. The van der Waals surface area contributed by atoms with E-state index >= 15 is 0 Å². The number of methoxy groups -OCH3 is 1. The summed E-state index contributed by atoms with van der Waals surface area (Å²) in [7, 11) is 1.66. The number of H-pyrrole nitrogens is 1. The number of nitrogens with zero attached hydrogens (tertiary/aromatic N) is 2. The molecular weight excluding hydrogens is 214 g/mol. The molecule has 1 N–H and O–H groups in total. The molecule has 0 unspecified atom stereocenters. The predicted molar refractivity (Wildman–Crippen MR) is 64.8 cm³/mol. The first kappa shape index (κ1) is 11.2. The molecule has 1 aromatic heterocycles. The summed E-state index contributed by atoms with van der Waals surface area (Å²) in [4.78, 5) is 0. The maximum Gasteiger partial charge on any atom is 0.162 e. The minimum atomic E-state index is 0.396. The van der Waals surface area contributed by atoms with E-state index in [0.717, 1.165) is 28.1 Å². The molecule has 0 radical (unpaired) electrons. The monoisotopic (exact) mass is 227 g/mol. The molecule has 0 aliphatic carbocycles. The second kappa shape index (κ2) is 4.30. The maximum atomic E-state index is 8.75. The number of nitriles is 1. The largest absolute Gasteiger partial charge is 0.496 e. The van der Waals surface area contributed by atoms with Gasteiger partial charge in [0.05, 0.1) is 12.8 Å². The fourth-order valence-corrected chi connectivity index (χ4v) is 1.83. The molecule has 2 aromatic rings. The minimum Gasteiger partial charge on any atom is -0.496 e. The Morgan fingerprint density at radius 3 is 2.65 bits per heavy atom. The van der Waals surface area contributed by atoms with Gasteiger partial charge in [-0.05, 0) is 37.1 Å². The standard InChI is InChI=1S/C13H13N3O/c1-8-9(2)13(17-3)5-4-11(8)12-6-10(7-14)15-16-12/h4-6H,1-3H3,(H,15,16). The van der Waals surface area contributed by atoms with Crippen molar-refractivity contribution in [3.63, 3.8) is 0 Å². The van der Waals surface area contributed by atoms with Crippen LogP contribution in [0.3, 0.4) is 0 Å². The molecule has 0 saturated carbocycles. The van der Waals surface area contributed by atoms with Crippen LogP contribution in [0.15, 0.2) is 18.2 Å². The van der Waals surface area contributed by atoms with Crippen LogP contribution in [-0.2, 0) is 0 Å². The Morgan fingerprint density at radius 2 is 2.06 bits per heavy atom. The number of benzene rings is 1. The van der Waals surface area contributed by atoms with Gasteiger partial charge in [-0.15, -0.1) is 0 Å². The third-order valence-corrected chi connectivity index (χ3v) is 2.94. The molecule has 0 saturated heterocycles. The fourth-order valence-electron chi connectivity index (χ4n) is 1.83. The SMILES string of the molecule is COc1ccc(-c2cc(C#N)n[nH]2)c(C)c1C. The molecule has 86 valence electrons. The van der Waals surface area contributed by atoms with Gasteiger partial charge in [-0.2, -0.15) is 10.4 Å². The van der Waals surface area contributed by atoms with Crippen molar-refractivity contribution >= 4 is 0 Å². The molecule has 0 aliphatic rings. The van der Waals surface area contributed by atoms with E-state index in [1.54, 1.807) is 13.2 Å². The molecule has 4 heteroatoms. The van der Waals surface area contributed by atoms with E-state index in [0.29, 0.717) is 5.69 Å². The van der Waals surface area contributed by atoms with E-state index in [1.807, 2.05) is 32.0 Å². The van der Waals surface area contributed by atoms with Gasteiger partial charge in [-0.1, -0.05) is 0 Å². The Labute approximate surface area is 99.9 Å². The molecular formula is C13H13N3O. The average Bonchev–Trinajstić information content (AvgIpc) is 2.81. The summed E-state index contributed by atoms with van der Waals surface area (Å²) in [6.45, 7) is 4.04. The van der Waals surface area contributed by atoms with Crippen LogP contribution in [0.2, 0.25) is 0 Å². The van der Waals surface area contributed by atoms with Gasteiger partial charge in [0, 0.05) is 11.6 Å². The number of rotatable bonds is 2. The third-order valence-electron chi connectivity index (χ3n) is 2.94. The highest BCUT2D eigenvalue weighted by molar-refractivity contribution is 5.67. The lowest BCUT2D eigenvalue weighted by molar-refractivity contribution is 0.411. The first-order valence-electron chi connectivity index (χ1n) is 5.27. The zero-order chi connectivity index (χ0) is 12.4. The van der Waals surface area contributed by atoms with E-state index in [2.05, 4.69) is 10.2 Å². The van der Waals surface area contributed by atoms with Gasteiger partial charge in [0.1, 0.15) is 11.8 Å². The zero-order valence-corrected chi connectivity index (χ0v) is 10.0. The number of nitrogens with one attached hydrogen (secondary N) is 1. The summed E-state index contributed by atoms with van der Waals surface area (Å²) in [5, 5.41) is 15.5. The molecule has 0 atom stereocenters. The van der Waals surface area contributed by atoms with Crippen molar-refractivity contribution in [2.75, 3.05) is 7.11 Å². The topological polar surface area (TPSA) is 61.7 Å². The van der Waals surface area contributed by atoms with Crippen LogP contribution in [0, 0.1) is 25.2 Å². The van der Waals surface area contributed by atoms with Crippen molar-refractivity contribution in [3.05, 3.63) is 35.0 Å². The van der Waals surface area contributed by atoms with Crippen LogP contribution in [0.5, 0.6) is 5.75 Å². The van der Waals surface area contributed by atoms with E-state index in [9.17, 15) is 0 Å². The summed E-state index contributed by atoms with van der Waals surface area (Å²) in [6, 6.07) is 7.64. The van der Waals surface area contributed by atoms with Gasteiger partial charge < -0.3 is 4.74 Å². The Bertz CT molecular complexity index is 593. The van der Waals surface area contributed by atoms with Gasteiger partial charge in [0.2, 0.25) is 0 Å². The average molecular weight is 227 g/mol. The Hall–Kier alpha value is -2.28. The summed E-state index contributed by atoms with van der Waals surface area (Å²) >= 11 is 0. The summed E-state index contributed by atoms with van der Waals surface area (Å²) in [6.07, 6.45) is 0. The summed E-state index contributed by atoms with van der Waals surface area (Å²) in [5.74, 6) is 0.867. The lowest BCUT2D eigenvalue weighted by Crippen LogP contribution is -1.93. The van der Waals surface area contributed by atoms with Crippen LogP contribution in [0.4, 0.5) is 0 Å². The molecule has 1 aromatic carbocycles. The highest BCUT2D eigenvalue weighted by Gasteiger charge is 2.10. The second-order valence-corrected chi connectivity index (χ2v) is 3.84. The number of ether oxygens (including phenoxy) is 1. The molecule has 0 spiro atoms. The van der Waals surface area contributed by atoms with E-state index in [4.69, 9.17) is 10.00 Å². The molecule has 0 aliphatic heterocycles. The minimum absolute atomic E-state index is 0.396. The molecule has 1 heterocycles. The molecule has 17 heavy (non-hydrogen) atoms. The van der Waals surface area contributed by atoms with Crippen molar-refractivity contribution in [1.82, 2.24) is 10.2 Å². The van der Waals surface area contributed by atoms with Crippen molar-refractivity contribution < 1.29 is 4.74 Å². The van der Waals surface area contributed by atoms with Gasteiger partial charge >= 0.3 is 0 Å². The van der Waals surface area contributed by atoms with Crippen LogP contribution >= 0.6 is 0 Å². The number of aromatic nitrogens is 2. The van der Waals surface area contributed by atoms with E-state index in [-0.39, 0.29) is 0 Å². The van der Waals surface area contributed by atoms with Crippen molar-refractivity contribution in [2.45, 2.75) is 13.8 Å². The zero-order valence-electron chi connectivity index (χ0n) is 10.0. The number of aromatic amines is 1. The molecule has 0 amide bonds. The van der Waals surface area contributed by atoms with Gasteiger partial charge in [0.15, 0.2) is 5.69 Å². The normalized spacial score (nSPS) is 10.0. The molecule has 2 rings (SSSR count). The first-order chi connectivity index (χ1) is 8.17. The van der Waals surface area contributed by atoms with Crippen LogP contribution in [0.1, 0.15) is 16.8 Å². The summed E-state index contributed by atoms with van der Waals surface area (Å²) in [5.41, 5.74) is 4.51. The van der Waals surface area contributed by atoms with Crippen LogP contribution in [0.25, 0.3) is 11.3 Å². The van der Waals surface area contributed by atoms with Crippen molar-refractivity contribution in [2.24, 2.45) is 0 Å². The van der Waals surface area contributed by atoms with Gasteiger partial charge in [-0.25, -0.2) is 0 Å². The number of hydrogen-bond donors (Lipinski definition) is 1. The van der Waals surface area contributed by atoms with Crippen LogP contribution in [-0.4, -0.2) is 17.3 Å². The maximum absolute atomic E-state index is 8.75. The molecule has 0 bridgehead atoms. The Balaban J connectivity index is 2.54. The second-order valence-electron chi connectivity index (χ2n) is 3.84.